The number of aromatic nitrogens is 3. The van der Waals surface area contributed by atoms with Crippen LogP contribution in [0.25, 0.3) is 0 Å². The maximum atomic E-state index is 13.1. The number of ether oxygens (including phenoxy) is 1. The first-order valence-corrected chi connectivity index (χ1v) is 9.63. The summed E-state index contributed by atoms with van der Waals surface area (Å²) in [5.41, 5.74) is -0.0747. The van der Waals surface area contributed by atoms with Crippen LogP contribution in [-0.2, 0) is 13.1 Å². The van der Waals surface area contributed by atoms with Crippen LogP contribution in [-0.4, -0.2) is 27.0 Å². The quantitative estimate of drug-likeness (QED) is 0.547. The molecule has 0 spiro atoms. The molecule has 1 aromatic heterocycles. The van der Waals surface area contributed by atoms with E-state index in [0.717, 1.165) is 16.3 Å². The van der Waals surface area contributed by atoms with Gasteiger partial charge in [-0.3, -0.25) is 4.57 Å². The van der Waals surface area contributed by atoms with Gasteiger partial charge in [0.15, 0.2) is 5.16 Å². The average Bonchev–Trinajstić information content (AvgIpc) is 2.69. The molecule has 0 saturated carbocycles. The first-order valence-electron chi connectivity index (χ1n) is 8.41. The fourth-order valence-electron chi connectivity index (χ4n) is 2.67. The van der Waals surface area contributed by atoms with Crippen LogP contribution < -0.4 is 16.1 Å². The second kappa shape index (κ2) is 8.99. The molecule has 0 bridgehead atoms. The van der Waals surface area contributed by atoms with Gasteiger partial charge in [0.25, 0.3) is 0 Å². The van der Waals surface area contributed by atoms with E-state index in [1.807, 2.05) is 0 Å². The molecule has 0 aliphatic heterocycles. The number of benzene rings is 2. The van der Waals surface area contributed by atoms with E-state index in [0.29, 0.717) is 11.1 Å². The molecular weight excluding hydrogens is 407 g/mol. The van der Waals surface area contributed by atoms with Crippen LogP contribution in [0.1, 0.15) is 11.1 Å². The molecule has 0 saturated heterocycles. The summed E-state index contributed by atoms with van der Waals surface area (Å²) in [7, 11) is 0. The standard InChI is InChI=1S/C19H16F3N3O3S/c1-29-18-23-17(26)24(10-12-2-6-14(20)7-3-12)19(27)25(18)11-13-4-8-15(9-5-13)28-16(21)22/h2-9,16H,10-11H2,1H3. The molecule has 29 heavy (non-hydrogen) atoms. The summed E-state index contributed by atoms with van der Waals surface area (Å²) in [6, 6.07) is 11.3. The maximum absolute atomic E-state index is 13.1. The second-order valence-electron chi connectivity index (χ2n) is 5.98. The Morgan fingerprint density at radius 3 is 2.07 bits per heavy atom. The molecule has 0 N–H and O–H groups in total. The lowest BCUT2D eigenvalue weighted by Gasteiger charge is -2.13. The van der Waals surface area contributed by atoms with Crippen LogP contribution in [0.5, 0.6) is 5.75 Å². The monoisotopic (exact) mass is 423 g/mol. The van der Waals surface area contributed by atoms with Gasteiger partial charge in [0.2, 0.25) is 0 Å². The predicted octanol–water partition coefficient (Wildman–Crippen LogP) is 2.96. The van der Waals surface area contributed by atoms with Gasteiger partial charge in [-0.15, -0.1) is 0 Å². The van der Waals surface area contributed by atoms with E-state index in [2.05, 4.69) is 9.72 Å². The fourth-order valence-corrected chi connectivity index (χ4v) is 3.20. The van der Waals surface area contributed by atoms with Crippen molar-refractivity contribution in [1.82, 2.24) is 14.1 Å². The summed E-state index contributed by atoms with van der Waals surface area (Å²) in [6.07, 6.45) is 1.68. The van der Waals surface area contributed by atoms with Crippen molar-refractivity contribution in [2.45, 2.75) is 24.9 Å². The molecule has 0 radical (unpaired) electrons. The molecule has 0 amide bonds. The van der Waals surface area contributed by atoms with Crippen LogP contribution >= 0.6 is 11.8 Å². The molecule has 0 fully saturated rings. The molecule has 6 nitrogen and oxygen atoms in total. The SMILES string of the molecule is CSc1nc(=O)n(Cc2ccc(F)cc2)c(=O)n1Cc1ccc(OC(F)F)cc1. The van der Waals surface area contributed by atoms with E-state index in [1.165, 1.54) is 41.0 Å². The lowest BCUT2D eigenvalue weighted by atomic mass is 10.2. The molecule has 0 aliphatic carbocycles. The molecule has 152 valence electrons. The van der Waals surface area contributed by atoms with Gasteiger partial charge in [-0.1, -0.05) is 36.0 Å². The number of hydrogen-bond donors (Lipinski definition) is 0. The minimum Gasteiger partial charge on any atom is -0.435 e. The van der Waals surface area contributed by atoms with Crippen LogP contribution in [0.15, 0.2) is 63.3 Å². The number of thioether (sulfide) groups is 1. The summed E-state index contributed by atoms with van der Waals surface area (Å²) in [6.45, 7) is -2.90. The Morgan fingerprint density at radius 1 is 0.966 bits per heavy atom. The van der Waals surface area contributed by atoms with Gasteiger partial charge in [-0.05, 0) is 41.6 Å². The highest BCUT2D eigenvalue weighted by molar-refractivity contribution is 7.98. The van der Waals surface area contributed by atoms with Crippen molar-refractivity contribution in [2.75, 3.05) is 6.26 Å². The minimum atomic E-state index is -2.93. The van der Waals surface area contributed by atoms with Crippen molar-refractivity contribution in [3.8, 4) is 5.75 Å². The first kappa shape index (κ1) is 20.7. The zero-order valence-electron chi connectivity index (χ0n) is 15.2. The van der Waals surface area contributed by atoms with Crippen molar-refractivity contribution in [1.29, 1.82) is 0 Å². The Labute approximate surface area is 167 Å². The molecule has 10 heteroatoms. The lowest BCUT2D eigenvalue weighted by Crippen LogP contribution is -2.42. The van der Waals surface area contributed by atoms with Gasteiger partial charge in [-0.2, -0.15) is 13.8 Å². The van der Waals surface area contributed by atoms with Gasteiger partial charge < -0.3 is 4.74 Å². The lowest BCUT2D eigenvalue weighted by molar-refractivity contribution is -0.0498. The Morgan fingerprint density at radius 2 is 1.52 bits per heavy atom. The largest absolute Gasteiger partial charge is 0.435 e. The highest BCUT2D eigenvalue weighted by Crippen LogP contribution is 2.16. The molecule has 1 heterocycles. The molecule has 0 unspecified atom stereocenters. The molecule has 0 atom stereocenters. The van der Waals surface area contributed by atoms with Crippen molar-refractivity contribution >= 4 is 11.8 Å². The van der Waals surface area contributed by atoms with Crippen molar-refractivity contribution in [3.05, 3.63) is 86.4 Å². The van der Waals surface area contributed by atoms with Crippen LogP contribution in [0.4, 0.5) is 13.2 Å². The average molecular weight is 423 g/mol. The van der Waals surface area contributed by atoms with Gasteiger partial charge in [0.05, 0.1) is 13.1 Å². The van der Waals surface area contributed by atoms with E-state index in [1.54, 1.807) is 18.4 Å². The van der Waals surface area contributed by atoms with Crippen LogP contribution in [0.2, 0.25) is 0 Å². The van der Waals surface area contributed by atoms with Gasteiger partial charge in [0.1, 0.15) is 11.6 Å². The van der Waals surface area contributed by atoms with E-state index >= 15 is 0 Å². The van der Waals surface area contributed by atoms with Crippen LogP contribution in [0, 0.1) is 5.82 Å². The minimum absolute atomic E-state index is 0.000548. The predicted molar refractivity (Wildman–Crippen MR) is 102 cm³/mol. The Balaban J connectivity index is 1.94. The number of halogens is 3. The summed E-state index contributed by atoms with van der Waals surface area (Å²) in [4.78, 5) is 29.2. The van der Waals surface area contributed by atoms with E-state index in [4.69, 9.17) is 0 Å². The summed E-state index contributed by atoms with van der Waals surface area (Å²) >= 11 is 1.14. The van der Waals surface area contributed by atoms with E-state index < -0.39 is 23.8 Å². The fraction of sp³-hybridized carbons (Fsp3) is 0.211. The summed E-state index contributed by atoms with van der Waals surface area (Å²) in [5, 5.41) is 0.225. The molecule has 3 rings (SSSR count). The third kappa shape index (κ3) is 5.08. The van der Waals surface area contributed by atoms with Crippen molar-refractivity contribution < 1.29 is 17.9 Å². The van der Waals surface area contributed by atoms with Crippen LogP contribution in [0.3, 0.4) is 0 Å². The zero-order chi connectivity index (χ0) is 21.0. The number of rotatable bonds is 7. The molecule has 3 aromatic rings. The Hall–Kier alpha value is -3.01. The van der Waals surface area contributed by atoms with Gasteiger partial charge in [0, 0.05) is 0 Å². The highest BCUT2D eigenvalue weighted by atomic mass is 32.2. The molecule has 0 aliphatic rings. The Kier molecular flexibility index (Phi) is 6.42. The second-order valence-corrected chi connectivity index (χ2v) is 6.76. The van der Waals surface area contributed by atoms with E-state index in [9.17, 15) is 22.8 Å². The summed E-state index contributed by atoms with van der Waals surface area (Å²) in [5.74, 6) is -0.422. The maximum Gasteiger partial charge on any atom is 0.387 e. The summed E-state index contributed by atoms with van der Waals surface area (Å²) < 4.78 is 44.2. The molecule has 2 aromatic carbocycles. The van der Waals surface area contributed by atoms with Gasteiger partial charge >= 0.3 is 18.0 Å². The van der Waals surface area contributed by atoms with Crippen molar-refractivity contribution in [3.63, 3.8) is 0 Å². The number of alkyl halides is 2. The molecular formula is C19H16F3N3O3S. The smallest absolute Gasteiger partial charge is 0.387 e. The Bertz CT molecular complexity index is 1100. The zero-order valence-corrected chi connectivity index (χ0v) is 16.0. The normalized spacial score (nSPS) is 11.1. The van der Waals surface area contributed by atoms with E-state index in [-0.39, 0.29) is 24.0 Å². The topological polar surface area (TPSA) is 66.1 Å². The first-order chi connectivity index (χ1) is 13.9. The third-order valence-corrected chi connectivity index (χ3v) is 4.72. The number of nitrogens with zero attached hydrogens (tertiary/aromatic N) is 3. The highest BCUT2D eigenvalue weighted by Gasteiger charge is 2.14. The third-order valence-electron chi connectivity index (χ3n) is 4.04. The van der Waals surface area contributed by atoms with Crippen molar-refractivity contribution in [2.24, 2.45) is 0 Å². The van der Waals surface area contributed by atoms with Gasteiger partial charge in [-0.25, -0.2) is 18.5 Å². The number of hydrogen-bond acceptors (Lipinski definition) is 5.